The predicted molar refractivity (Wildman–Crippen MR) is 146 cm³/mol. The number of amides is 2. The first-order valence-corrected chi connectivity index (χ1v) is 13.9. The summed E-state index contributed by atoms with van der Waals surface area (Å²) in [7, 11) is 1.63. The summed E-state index contributed by atoms with van der Waals surface area (Å²) in [5, 5.41) is 24.9. The Kier molecular flexibility index (Phi) is 9.48. The molecule has 3 heterocycles. The molecule has 0 spiro atoms. The van der Waals surface area contributed by atoms with Gasteiger partial charge in [0.15, 0.2) is 5.13 Å². The predicted octanol–water partition coefficient (Wildman–Crippen LogP) is -0.773. The van der Waals surface area contributed by atoms with E-state index in [0.717, 1.165) is 42.1 Å². The average molecular weight is 598 g/mol. The van der Waals surface area contributed by atoms with Crippen LogP contribution in [0, 0.1) is 0 Å². The molecule has 0 bridgehead atoms. The van der Waals surface area contributed by atoms with Crippen molar-refractivity contribution in [2.75, 3.05) is 25.4 Å². The number of hydrogen-bond donors (Lipinski definition) is 5. The number of carboxylic acids is 1. The Hall–Kier alpha value is -3.84. The molecule has 2 amide bonds. The molecule has 40 heavy (non-hydrogen) atoms. The second-order valence-electron chi connectivity index (χ2n) is 8.98. The Bertz CT molecular complexity index is 1250. The van der Waals surface area contributed by atoms with Crippen molar-refractivity contribution in [1.29, 1.82) is 0 Å². The average Bonchev–Trinajstić information content (AvgIpc) is 3.36. The molecule has 0 aromatic carbocycles. The summed E-state index contributed by atoms with van der Waals surface area (Å²) in [4.78, 5) is 47.1. The molecule has 1 aromatic rings. The SMILES string of the molecule is CN(/C=N/NC1CCC(N)CC1)N=CC1=C(C(=O)O)N2C(=O)C(NC(=O)/C(=N\OCF)c3nsc(N)n3)[C@@H]2SC1. The fourth-order valence-electron chi connectivity index (χ4n) is 4.22. The minimum atomic E-state index is -1.32. The molecule has 3 aliphatic rings. The highest BCUT2D eigenvalue weighted by Crippen LogP contribution is 2.40. The van der Waals surface area contributed by atoms with E-state index >= 15 is 0 Å². The molecule has 1 saturated heterocycles. The number of hydrazone groups is 2. The third kappa shape index (κ3) is 6.65. The molecule has 7 N–H and O–H groups in total. The van der Waals surface area contributed by atoms with E-state index in [1.54, 1.807) is 7.05 Å². The van der Waals surface area contributed by atoms with Gasteiger partial charge in [-0.15, -0.1) is 11.8 Å². The number of halogens is 1. The lowest BCUT2D eigenvalue weighted by atomic mass is 9.92. The number of carbonyl (C=O) groups excluding carboxylic acids is 2. The van der Waals surface area contributed by atoms with Crippen LogP contribution >= 0.6 is 23.3 Å². The Morgan fingerprint density at radius 2 is 2.10 bits per heavy atom. The number of fused-ring (bicyclic) bond motifs is 1. The lowest BCUT2D eigenvalue weighted by Gasteiger charge is -2.49. The van der Waals surface area contributed by atoms with Crippen LogP contribution in [0.1, 0.15) is 31.5 Å². The lowest BCUT2D eigenvalue weighted by molar-refractivity contribution is -0.150. The Morgan fingerprint density at radius 3 is 2.75 bits per heavy atom. The quantitative estimate of drug-likeness (QED) is 0.0917. The number of hydrogen-bond acceptors (Lipinski definition) is 14. The van der Waals surface area contributed by atoms with Crippen molar-refractivity contribution >= 4 is 64.5 Å². The number of aromatic nitrogens is 2. The monoisotopic (exact) mass is 597 g/mol. The van der Waals surface area contributed by atoms with E-state index in [1.165, 1.54) is 29.3 Å². The van der Waals surface area contributed by atoms with Gasteiger partial charge in [-0.1, -0.05) is 5.16 Å². The van der Waals surface area contributed by atoms with Crippen LogP contribution in [0.4, 0.5) is 9.52 Å². The number of nitrogens with zero attached hydrogens (tertiary/aromatic N) is 7. The molecule has 2 atom stereocenters. The number of oxime groups is 1. The second-order valence-corrected chi connectivity index (χ2v) is 10.9. The third-order valence-electron chi connectivity index (χ3n) is 6.21. The van der Waals surface area contributed by atoms with E-state index in [0.29, 0.717) is 5.57 Å². The fourth-order valence-corrected chi connectivity index (χ4v) is 5.95. The van der Waals surface area contributed by atoms with Gasteiger partial charge in [0.25, 0.3) is 18.7 Å². The van der Waals surface area contributed by atoms with Gasteiger partial charge in [-0.05, 0) is 25.7 Å². The molecule has 2 aliphatic heterocycles. The third-order valence-corrected chi connectivity index (χ3v) is 8.05. The first-order valence-electron chi connectivity index (χ1n) is 12.1. The van der Waals surface area contributed by atoms with Crippen LogP contribution in [0.25, 0.3) is 0 Å². The number of rotatable bonds is 11. The maximum absolute atomic E-state index is 12.9. The summed E-state index contributed by atoms with van der Waals surface area (Å²) in [6, 6.07) is -0.605. The maximum Gasteiger partial charge on any atom is 0.353 e. The Morgan fingerprint density at radius 1 is 1.35 bits per heavy atom. The standard InChI is InChI=1S/C21H28FN11O5S2/c1-32(9-25-29-12-4-2-11(23)3-5-12)26-6-10-7-39-19-14(18(35)33(19)15(10)20(36)37)27-17(34)13(30-38-8-22)16-28-21(24)40-31-16/h6,9,11-12,14,19,29H,2-5,7-8,23H2,1H3,(H,27,34)(H,36,37)(H2,24,28,31)/b25-9+,26-6?,30-13-/t11?,12?,14?,19-/m0/s1. The number of alkyl halides is 1. The van der Waals surface area contributed by atoms with E-state index in [-0.39, 0.29) is 34.5 Å². The van der Waals surface area contributed by atoms with Gasteiger partial charge >= 0.3 is 5.97 Å². The Balaban J connectivity index is 1.40. The van der Waals surface area contributed by atoms with Gasteiger partial charge in [0.1, 0.15) is 23.5 Å². The van der Waals surface area contributed by atoms with Crippen LogP contribution in [0.3, 0.4) is 0 Å². The summed E-state index contributed by atoms with van der Waals surface area (Å²) in [6.45, 7) is -1.31. The number of nitrogen functional groups attached to an aromatic ring is 1. The lowest BCUT2D eigenvalue weighted by Crippen LogP contribution is -2.71. The number of nitrogens with two attached hydrogens (primary N) is 2. The highest BCUT2D eigenvalue weighted by atomic mass is 32.2. The zero-order valence-electron chi connectivity index (χ0n) is 21.3. The van der Waals surface area contributed by atoms with Crippen LogP contribution in [0.2, 0.25) is 0 Å². The summed E-state index contributed by atoms with van der Waals surface area (Å²) in [5.74, 6) is -2.89. The van der Waals surface area contributed by atoms with E-state index in [9.17, 15) is 23.9 Å². The van der Waals surface area contributed by atoms with Gasteiger partial charge in [0.05, 0.1) is 6.21 Å². The van der Waals surface area contributed by atoms with Gasteiger partial charge in [-0.25, -0.2) is 9.18 Å². The van der Waals surface area contributed by atoms with Crippen molar-refractivity contribution in [2.45, 2.75) is 49.2 Å². The molecule has 216 valence electrons. The summed E-state index contributed by atoms with van der Waals surface area (Å²) < 4.78 is 16.4. The maximum atomic E-state index is 12.9. The van der Waals surface area contributed by atoms with Crippen molar-refractivity contribution in [3.8, 4) is 0 Å². The number of thioether (sulfide) groups is 1. The molecule has 1 aliphatic carbocycles. The first-order chi connectivity index (χ1) is 19.2. The number of nitrogens with one attached hydrogen (secondary N) is 2. The van der Waals surface area contributed by atoms with Gasteiger partial charge in [-0.3, -0.25) is 19.5 Å². The van der Waals surface area contributed by atoms with E-state index in [4.69, 9.17) is 11.5 Å². The topological polar surface area (TPSA) is 226 Å². The smallest absolute Gasteiger partial charge is 0.353 e. The van der Waals surface area contributed by atoms with Crippen LogP contribution in [-0.4, -0.2) is 104 Å². The molecule has 0 radical (unpaired) electrons. The number of anilines is 1. The van der Waals surface area contributed by atoms with Gasteiger partial charge in [0.2, 0.25) is 11.5 Å². The van der Waals surface area contributed by atoms with Crippen LogP contribution in [0.15, 0.2) is 26.6 Å². The summed E-state index contributed by atoms with van der Waals surface area (Å²) in [5.41, 5.74) is 14.1. The summed E-state index contributed by atoms with van der Waals surface area (Å²) >= 11 is 2.02. The minimum absolute atomic E-state index is 0.0394. The number of aliphatic carboxylic acids is 1. The molecule has 16 nitrogen and oxygen atoms in total. The first kappa shape index (κ1) is 29.2. The molecule has 1 saturated carbocycles. The fraction of sp³-hybridized carbons (Fsp3) is 0.524. The zero-order chi connectivity index (χ0) is 28.8. The normalized spacial score (nSPS) is 25.1. The minimum Gasteiger partial charge on any atom is -0.477 e. The number of β-lactam (4-membered cyclic amide) rings is 1. The van der Waals surface area contributed by atoms with Gasteiger partial charge < -0.3 is 32.2 Å². The van der Waals surface area contributed by atoms with Crippen molar-refractivity contribution in [3.63, 3.8) is 0 Å². The van der Waals surface area contributed by atoms with E-state index in [1.807, 2.05) is 0 Å². The van der Waals surface area contributed by atoms with Crippen molar-refractivity contribution in [3.05, 3.63) is 17.1 Å². The molecule has 19 heteroatoms. The van der Waals surface area contributed by atoms with Crippen molar-refractivity contribution in [2.24, 2.45) is 21.1 Å². The van der Waals surface area contributed by atoms with E-state index < -0.39 is 41.8 Å². The molecular weight excluding hydrogens is 569 g/mol. The molecule has 1 unspecified atom stereocenters. The largest absolute Gasteiger partial charge is 0.477 e. The van der Waals surface area contributed by atoms with Crippen LogP contribution in [0.5, 0.6) is 0 Å². The highest BCUT2D eigenvalue weighted by molar-refractivity contribution is 8.00. The molecule has 2 fully saturated rings. The highest BCUT2D eigenvalue weighted by Gasteiger charge is 2.54. The number of carbonyl (C=O) groups is 3. The second kappa shape index (κ2) is 13.0. The molecule has 4 rings (SSSR count). The van der Waals surface area contributed by atoms with Crippen molar-refractivity contribution < 1.29 is 28.7 Å². The van der Waals surface area contributed by atoms with Gasteiger partial charge in [0, 0.05) is 42.0 Å². The van der Waals surface area contributed by atoms with Crippen LogP contribution < -0.4 is 22.2 Å². The van der Waals surface area contributed by atoms with Crippen molar-refractivity contribution in [1.82, 2.24) is 30.0 Å². The van der Waals surface area contributed by atoms with Crippen LogP contribution in [-0.2, 0) is 19.2 Å². The summed E-state index contributed by atoms with van der Waals surface area (Å²) in [6.07, 6.45) is 6.55. The van der Waals surface area contributed by atoms with E-state index in [2.05, 4.69) is 40.3 Å². The molecular formula is C21H28FN11O5S2. The Labute approximate surface area is 235 Å². The zero-order valence-corrected chi connectivity index (χ0v) is 22.9. The number of carboxylic acid groups (broad SMARTS) is 1. The van der Waals surface area contributed by atoms with Gasteiger partial charge in [-0.2, -0.15) is 19.6 Å². The molecule has 1 aromatic heterocycles.